The van der Waals surface area contributed by atoms with Crippen molar-refractivity contribution in [2.45, 2.75) is 46.6 Å². The summed E-state index contributed by atoms with van der Waals surface area (Å²) in [6.07, 6.45) is 3.29. The zero-order chi connectivity index (χ0) is 10.6. The van der Waals surface area contributed by atoms with Gasteiger partial charge < -0.3 is 4.57 Å². The Balaban J connectivity index is 2.82. The third kappa shape index (κ3) is 2.67. The number of aromatic amines is 1. The first-order valence-electron chi connectivity index (χ1n) is 5.33. The molecule has 0 saturated carbocycles. The van der Waals surface area contributed by atoms with Gasteiger partial charge in [-0.15, -0.1) is 0 Å². The van der Waals surface area contributed by atoms with Crippen LogP contribution in [0.4, 0.5) is 0 Å². The van der Waals surface area contributed by atoms with Gasteiger partial charge in [0.1, 0.15) is 5.82 Å². The van der Waals surface area contributed by atoms with Crippen molar-refractivity contribution in [3.05, 3.63) is 10.6 Å². The Hall–Kier alpha value is -0.640. The monoisotopic (exact) mass is 213 g/mol. The molecule has 3 nitrogen and oxygen atoms in total. The summed E-state index contributed by atoms with van der Waals surface area (Å²) in [5.74, 6) is 1.76. The third-order valence-corrected chi connectivity index (χ3v) is 2.81. The van der Waals surface area contributed by atoms with Crippen LogP contribution in [0, 0.1) is 10.7 Å². The van der Waals surface area contributed by atoms with Crippen LogP contribution in [0.2, 0.25) is 0 Å². The van der Waals surface area contributed by atoms with Crippen molar-refractivity contribution in [2.24, 2.45) is 5.92 Å². The maximum Gasteiger partial charge on any atom is 0.195 e. The van der Waals surface area contributed by atoms with Crippen molar-refractivity contribution in [3.8, 4) is 0 Å². The second-order valence-electron chi connectivity index (χ2n) is 3.82. The molecule has 1 rings (SSSR count). The summed E-state index contributed by atoms with van der Waals surface area (Å²) in [6, 6.07) is 0. The molecule has 4 heteroatoms. The van der Waals surface area contributed by atoms with Crippen molar-refractivity contribution < 1.29 is 0 Å². The number of hydrogen-bond donors (Lipinski definition) is 1. The van der Waals surface area contributed by atoms with Crippen molar-refractivity contribution in [3.63, 3.8) is 0 Å². The molecule has 1 N–H and O–H groups in total. The predicted octanol–water partition coefficient (Wildman–Crippen LogP) is 2.94. The van der Waals surface area contributed by atoms with Gasteiger partial charge in [0.25, 0.3) is 0 Å². The van der Waals surface area contributed by atoms with Gasteiger partial charge in [0.15, 0.2) is 4.77 Å². The highest BCUT2D eigenvalue weighted by atomic mass is 32.1. The van der Waals surface area contributed by atoms with Crippen LogP contribution >= 0.6 is 12.2 Å². The lowest BCUT2D eigenvalue weighted by atomic mass is 10.1. The van der Waals surface area contributed by atoms with Crippen LogP contribution in [-0.4, -0.2) is 14.8 Å². The van der Waals surface area contributed by atoms with Gasteiger partial charge in [-0.25, -0.2) is 0 Å². The van der Waals surface area contributed by atoms with Crippen LogP contribution in [0.1, 0.15) is 39.4 Å². The molecule has 1 heterocycles. The second-order valence-corrected chi connectivity index (χ2v) is 4.21. The zero-order valence-electron chi connectivity index (χ0n) is 9.21. The number of hydrogen-bond acceptors (Lipinski definition) is 2. The van der Waals surface area contributed by atoms with E-state index in [-0.39, 0.29) is 0 Å². The van der Waals surface area contributed by atoms with Gasteiger partial charge >= 0.3 is 0 Å². The van der Waals surface area contributed by atoms with E-state index in [4.69, 9.17) is 12.2 Å². The Bertz CT molecular complexity index is 326. The van der Waals surface area contributed by atoms with Crippen LogP contribution in [0.3, 0.4) is 0 Å². The minimum absolute atomic E-state index is 0.662. The van der Waals surface area contributed by atoms with Gasteiger partial charge in [-0.05, 0) is 24.6 Å². The van der Waals surface area contributed by atoms with Crippen LogP contribution in [0.15, 0.2) is 0 Å². The largest absolute Gasteiger partial charge is 0.304 e. The van der Waals surface area contributed by atoms with E-state index >= 15 is 0 Å². The average molecular weight is 213 g/mol. The van der Waals surface area contributed by atoms with E-state index in [1.165, 1.54) is 6.42 Å². The van der Waals surface area contributed by atoms with Crippen molar-refractivity contribution in [2.75, 3.05) is 0 Å². The highest BCUT2D eigenvalue weighted by molar-refractivity contribution is 7.71. The molecule has 1 unspecified atom stereocenters. The molecule has 0 spiro atoms. The lowest BCUT2D eigenvalue weighted by Crippen LogP contribution is -2.10. The van der Waals surface area contributed by atoms with E-state index in [1.54, 1.807) is 0 Å². The van der Waals surface area contributed by atoms with Crippen molar-refractivity contribution >= 4 is 12.2 Å². The van der Waals surface area contributed by atoms with Crippen LogP contribution in [0.5, 0.6) is 0 Å². The van der Waals surface area contributed by atoms with E-state index in [0.29, 0.717) is 5.92 Å². The molecule has 1 aromatic rings. The molecule has 0 saturated heterocycles. The Morgan fingerprint density at radius 1 is 1.50 bits per heavy atom. The molecule has 0 fully saturated rings. The normalized spacial score (nSPS) is 13.1. The second kappa shape index (κ2) is 5.29. The minimum atomic E-state index is 0.662. The standard InChI is InChI=1S/C10H19N3S/c1-4-6-9-11-12-10(14)13(9)7-8(3)5-2/h8H,4-7H2,1-3H3,(H,12,14). The zero-order valence-corrected chi connectivity index (χ0v) is 10.0. The van der Waals surface area contributed by atoms with Crippen LogP contribution < -0.4 is 0 Å². The highest BCUT2D eigenvalue weighted by Gasteiger charge is 2.07. The van der Waals surface area contributed by atoms with E-state index in [0.717, 1.165) is 30.0 Å². The quantitative estimate of drug-likeness (QED) is 0.763. The summed E-state index contributed by atoms with van der Waals surface area (Å²) in [5.41, 5.74) is 0. The Morgan fingerprint density at radius 2 is 2.21 bits per heavy atom. The number of nitrogens with one attached hydrogen (secondary N) is 1. The third-order valence-electron chi connectivity index (χ3n) is 2.50. The molecule has 0 aliphatic heterocycles. The van der Waals surface area contributed by atoms with Gasteiger partial charge in [-0.1, -0.05) is 27.2 Å². The molecule has 0 amide bonds. The summed E-state index contributed by atoms with van der Waals surface area (Å²) >= 11 is 5.20. The van der Waals surface area contributed by atoms with E-state index < -0.39 is 0 Å². The van der Waals surface area contributed by atoms with Gasteiger partial charge in [-0.3, -0.25) is 5.10 Å². The first kappa shape index (κ1) is 11.4. The molecule has 80 valence electrons. The first-order chi connectivity index (χ1) is 6.69. The summed E-state index contributed by atoms with van der Waals surface area (Å²) in [5, 5.41) is 7.11. The molecular formula is C10H19N3S. The van der Waals surface area contributed by atoms with Gasteiger partial charge in [0.05, 0.1) is 0 Å². The summed E-state index contributed by atoms with van der Waals surface area (Å²) in [6.45, 7) is 7.59. The summed E-state index contributed by atoms with van der Waals surface area (Å²) in [7, 11) is 0. The van der Waals surface area contributed by atoms with Gasteiger partial charge in [-0.2, -0.15) is 5.10 Å². The Labute approximate surface area is 90.5 Å². The fourth-order valence-electron chi connectivity index (χ4n) is 1.39. The molecule has 0 bridgehead atoms. The topological polar surface area (TPSA) is 33.6 Å². The molecule has 14 heavy (non-hydrogen) atoms. The Kier molecular flexibility index (Phi) is 4.32. The predicted molar refractivity (Wildman–Crippen MR) is 60.9 cm³/mol. The minimum Gasteiger partial charge on any atom is -0.304 e. The van der Waals surface area contributed by atoms with Crippen LogP contribution in [-0.2, 0) is 13.0 Å². The van der Waals surface area contributed by atoms with Crippen molar-refractivity contribution in [1.29, 1.82) is 0 Å². The highest BCUT2D eigenvalue weighted by Crippen LogP contribution is 2.08. The Morgan fingerprint density at radius 3 is 2.79 bits per heavy atom. The van der Waals surface area contributed by atoms with Gasteiger partial charge in [0, 0.05) is 13.0 Å². The smallest absolute Gasteiger partial charge is 0.195 e. The number of H-pyrrole nitrogens is 1. The molecule has 0 aliphatic carbocycles. The fraction of sp³-hybridized carbons (Fsp3) is 0.800. The van der Waals surface area contributed by atoms with Crippen molar-refractivity contribution in [1.82, 2.24) is 14.8 Å². The summed E-state index contributed by atoms with van der Waals surface area (Å²) in [4.78, 5) is 0. The van der Waals surface area contributed by atoms with Gasteiger partial charge in [0.2, 0.25) is 0 Å². The summed E-state index contributed by atoms with van der Waals surface area (Å²) < 4.78 is 2.89. The molecular weight excluding hydrogens is 194 g/mol. The lowest BCUT2D eigenvalue weighted by Gasteiger charge is -2.10. The molecule has 1 atom stereocenters. The number of nitrogens with zero attached hydrogens (tertiary/aromatic N) is 2. The molecule has 0 aromatic carbocycles. The SMILES string of the molecule is CCCc1n[nH]c(=S)n1CC(C)CC. The lowest BCUT2D eigenvalue weighted by molar-refractivity contribution is 0.453. The molecule has 0 radical (unpaired) electrons. The molecule has 0 aliphatic rings. The number of aryl methyl sites for hydroxylation is 1. The molecule has 1 aromatic heterocycles. The maximum atomic E-state index is 5.20. The first-order valence-corrected chi connectivity index (χ1v) is 5.73. The average Bonchev–Trinajstić information content (AvgIpc) is 2.50. The number of rotatable bonds is 5. The van der Waals surface area contributed by atoms with E-state index in [9.17, 15) is 0 Å². The van der Waals surface area contributed by atoms with Crippen LogP contribution in [0.25, 0.3) is 0 Å². The van der Waals surface area contributed by atoms with E-state index in [2.05, 4.69) is 35.5 Å². The fourth-order valence-corrected chi connectivity index (χ4v) is 1.62. The maximum absolute atomic E-state index is 5.20. The van der Waals surface area contributed by atoms with E-state index in [1.807, 2.05) is 0 Å². The number of aromatic nitrogens is 3.